The second-order valence-corrected chi connectivity index (χ2v) is 9.30. The molecule has 0 spiro atoms. The maximum atomic E-state index is 14.3. The van der Waals surface area contributed by atoms with Crippen LogP contribution < -0.4 is 15.0 Å². The monoisotopic (exact) mass is 496 g/mol. The highest BCUT2D eigenvalue weighted by Gasteiger charge is 2.21. The zero-order valence-electron chi connectivity index (χ0n) is 20.7. The summed E-state index contributed by atoms with van der Waals surface area (Å²) in [6.07, 6.45) is 6.96. The Morgan fingerprint density at radius 3 is 2.64 bits per heavy atom. The fourth-order valence-corrected chi connectivity index (χ4v) is 4.29. The Kier molecular flexibility index (Phi) is 8.53. The molecule has 3 heterocycles. The van der Waals surface area contributed by atoms with E-state index in [9.17, 15) is 14.3 Å². The van der Waals surface area contributed by atoms with Crippen LogP contribution in [-0.2, 0) is 0 Å². The molecule has 9 heteroatoms. The van der Waals surface area contributed by atoms with Crippen molar-refractivity contribution >= 4 is 11.9 Å². The minimum atomic E-state index is -0.691. The van der Waals surface area contributed by atoms with Gasteiger partial charge in [0.25, 0.3) is 5.91 Å². The minimum absolute atomic E-state index is 0.0653. The Labute approximate surface area is 210 Å². The number of aliphatic hydroxyl groups excluding tert-OH is 1. The van der Waals surface area contributed by atoms with Crippen LogP contribution in [0, 0.1) is 18.7 Å². The fraction of sp³-hybridized carbons (Fsp3) is 0.444. The van der Waals surface area contributed by atoms with Gasteiger partial charge in [-0.2, -0.15) is 0 Å². The third-order valence-electron chi connectivity index (χ3n) is 6.33. The van der Waals surface area contributed by atoms with Crippen molar-refractivity contribution in [3.05, 3.63) is 59.9 Å². The van der Waals surface area contributed by atoms with Gasteiger partial charge in [-0.05, 0) is 69.7 Å². The lowest BCUT2D eigenvalue weighted by atomic mass is 9.92. The SMILES string of the molecule is Cc1ccc(-c2cnc(N3CCC(CCCOc4ccc(C(=O)NC[C@H](C)O)c(F)c4)CC3)nc2)o1. The molecule has 192 valence electrons. The number of aromatic nitrogens is 2. The molecule has 0 unspecified atom stereocenters. The molecule has 36 heavy (non-hydrogen) atoms. The number of amides is 1. The first kappa shape index (κ1) is 25.6. The number of rotatable bonds is 10. The summed E-state index contributed by atoms with van der Waals surface area (Å²) in [6.45, 7) is 5.84. The highest BCUT2D eigenvalue weighted by Crippen LogP contribution is 2.26. The van der Waals surface area contributed by atoms with Crippen molar-refractivity contribution in [3.63, 3.8) is 0 Å². The topological polar surface area (TPSA) is 101 Å². The van der Waals surface area contributed by atoms with E-state index < -0.39 is 17.8 Å². The molecule has 1 fully saturated rings. The molecule has 3 aromatic rings. The van der Waals surface area contributed by atoms with Crippen LogP contribution in [-0.4, -0.2) is 53.3 Å². The van der Waals surface area contributed by atoms with Gasteiger partial charge in [0.2, 0.25) is 5.95 Å². The lowest BCUT2D eigenvalue weighted by Gasteiger charge is -2.32. The zero-order valence-corrected chi connectivity index (χ0v) is 20.7. The Balaban J connectivity index is 1.16. The quantitative estimate of drug-likeness (QED) is 0.402. The second-order valence-electron chi connectivity index (χ2n) is 9.30. The van der Waals surface area contributed by atoms with Crippen LogP contribution in [0.25, 0.3) is 11.3 Å². The van der Waals surface area contributed by atoms with Crippen molar-refractivity contribution < 1.29 is 23.4 Å². The lowest BCUT2D eigenvalue weighted by molar-refractivity contribution is 0.0920. The third kappa shape index (κ3) is 6.81. The molecule has 4 rings (SSSR count). The summed E-state index contributed by atoms with van der Waals surface area (Å²) in [5.41, 5.74) is 0.806. The van der Waals surface area contributed by atoms with Gasteiger partial charge in [0.05, 0.1) is 23.8 Å². The van der Waals surface area contributed by atoms with Crippen LogP contribution >= 0.6 is 0 Å². The van der Waals surface area contributed by atoms with Crippen molar-refractivity contribution in [2.75, 3.05) is 31.1 Å². The summed E-state index contributed by atoms with van der Waals surface area (Å²) in [4.78, 5) is 23.3. The number of hydrogen-bond acceptors (Lipinski definition) is 7. The van der Waals surface area contributed by atoms with Crippen molar-refractivity contribution in [3.8, 4) is 17.1 Å². The summed E-state index contributed by atoms with van der Waals surface area (Å²) in [6, 6.07) is 8.08. The molecular weight excluding hydrogens is 463 g/mol. The van der Waals surface area contributed by atoms with Gasteiger partial charge >= 0.3 is 0 Å². The first-order valence-electron chi connectivity index (χ1n) is 12.4. The molecule has 1 aliphatic rings. The van der Waals surface area contributed by atoms with Gasteiger partial charge in [-0.15, -0.1) is 0 Å². The number of ether oxygens (including phenoxy) is 1. The Bertz CT molecular complexity index is 1140. The number of aryl methyl sites for hydroxylation is 1. The predicted molar refractivity (Wildman–Crippen MR) is 135 cm³/mol. The van der Waals surface area contributed by atoms with Gasteiger partial charge in [-0.25, -0.2) is 14.4 Å². The normalized spacial score (nSPS) is 15.1. The molecule has 2 N–H and O–H groups in total. The van der Waals surface area contributed by atoms with E-state index in [1.165, 1.54) is 12.1 Å². The van der Waals surface area contributed by atoms with Gasteiger partial charge in [0, 0.05) is 38.1 Å². The van der Waals surface area contributed by atoms with Crippen LogP contribution in [0.1, 0.15) is 48.7 Å². The van der Waals surface area contributed by atoms with E-state index in [0.717, 1.165) is 61.8 Å². The van der Waals surface area contributed by atoms with Crippen LogP contribution in [0.4, 0.5) is 10.3 Å². The first-order valence-corrected chi connectivity index (χ1v) is 12.4. The molecule has 1 atom stereocenters. The fourth-order valence-electron chi connectivity index (χ4n) is 4.29. The summed E-state index contributed by atoms with van der Waals surface area (Å²) in [5, 5.41) is 11.7. The van der Waals surface area contributed by atoms with Crippen molar-refractivity contribution in [1.82, 2.24) is 15.3 Å². The minimum Gasteiger partial charge on any atom is -0.493 e. The van der Waals surface area contributed by atoms with Crippen molar-refractivity contribution in [1.29, 1.82) is 0 Å². The van der Waals surface area contributed by atoms with E-state index in [2.05, 4.69) is 20.2 Å². The van der Waals surface area contributed by atoms with Gasteiger partial charge < -0.3 is 24.5 Å². The zero-order chi connectivity index (χ0) is 25.5. The molecule has 1 amide bonds. The number of nitrogens with one attached hydrogen (secondary N) is 1. The van der Waals surface area contributed by atoms with E-state index in [1.807, 2.05) is 19.1 Å². The molecular formula is C27H33FN4O4. The molecule has 1 aliphatic heterocycles. The Morgan fingerprint density at radius 2 is 2.00 bits per heavy atom. The molecule has 8 nitrogen and oxygen atoms in total. The molecule has 0 radical (unpaired) electrons. The van der Waals surface area contributed by atoms with Crippen LogP contribution in [0.2, 0.25) is 0 Å². The summed E-state index contributed by atoms with van der Waals surface area (Å²) in [5.74, 6) is 2.19. The highest BCUT2D eigenvalue weighted by atomic mass is 19.1. The number of benzene rings is 1. The average molecular weight is 497 g/mol. The molecule has 1 aromatic carbocycles. The third-order valence-corrected chi connectivity index (χ3v) is 6.33. The number of hydrogen-bond donors (Lipinski definition) is 2. The molecule has 0 aliphatic carbocycles. The maximum absolute atomic E-state index is 14.3. The second kappa shape index (κ2) is 12.0. The van der Waals surface area contributed by atoms with Crippen molar-refractivity contribution in [2.24, 2.45) is 5.92 Å². The van der Waals surface area contributed by atoms with E-state index in [4.69, 9.17) is 9.15 Å². The van der Waals surface area contributed by atoms with E-state index >= 15 is 0 Å². The number of furan rings is 1. The van der Waals surface area contributed by atoms with Crippen LogP contribution in [0.15, 0.2) is 47.1 Å². The smallest absolute Gasteiger partial charge is 0.254 e. The molecule has 1 saturated heterocycles. The van der Waals surface area contributed by atoms with Gasteiger partial charge in [0.1, 0.15) is 23.1 Å². The van der Waals surface area contributed by atoms with Crippen LogP contribution in [0.5, 0.6) is 5.75 Å². The number of halogens is 1. The van der Waals surface area contributed by atoms with Gasteiger partial charge in [-0.1, -0.05) is 0 Å². The van der Waals surface area contributed by atoms with Gasteiger partial charge in [-0.3, -0.25) is 4.79 Å². The number of aliphatic hydroxyl groups is 1. The van der Waals surface area contributed by atoms with E-state index in [-0.39, 0.29) is 12.1 Å². The van der Waals surface area contributed by atoms with E-state index in [1.54, 1.807) is 25.4 Å². The first-order chi connectivity index (χ1) is 17.4. The maximum Gasteiger partial charge on any atom is 0.254 e. The number of carbonyl (C=O) groups excluding carboxylic acids is 1. The van der Waals surface area contributed by atoms with Crippen LogP contribution in [0.3, 0.4) is 0 Å². The summed E-state index contributed by atoms with van der Waals surface area (Å²) < 4.78 is 25.6. The average Bonchev–Trinajstić information content (AvgIpc) is 3.32. The molecule has 0 saturated carbocycles. The largest absolute Gasteiger partial charge is 0.493 e. The van der Waals surface area contributed by atoms with Crippen molar-refractivity contribution in [2.45, 2.75) is 45.6 Å². The summed E-state index contributed by atoms with van der Waals surface area (Å²) in [7, 11) is 0. The molecule has 0 bridgehead atoms. The highest BCUT2D eigenvalue weighted by molar-refractivity contribution is 5.94. The lowest BCUT2D eigenvalue weighted by Crippen LogP contribution is -2.34. The predicted octanol–water partition coefficient (Wildman–Crippen LogP) is 4.37. The van der Waals surface area contributed by atoms with Gasteiger partial charge in [0.15, 0.2) is 0 Å². The number of carbonyl (C=O) groups is 1. The molecule has 2 aromatic heterocycles. The number of piperidine rings is 1. The Hall–Kier alpha value is -3.46. The van der Waals surface area contributed by atoms with E-state index in [0.29, 0.717) is 18.3 Å². The number of anilines is 1. The summed E-state index contributed by atoms with van der Waals surface area (Å²) >= 11 is 0. The standard InChI is InChI=1S/C27H33FN4O4/c1-18(33)15-29-26(34)23-7-6-22(14-24(23)28)35-13-3-4-20-9-11-32(12-10-20)27-30-16-21(17-31-27)25-8-5-19(2)36-25/h5-8,14,16-18,20,33H,3-4,9-13,15H2,1-2H3,(H,29,34)/t18-/m0/s1. The Morgan fingerprint density at radius 1 is 1.25 bits per heavy atom. The number of nitrogens with zero attached hydrogens (tertiary/aromatic N) is 3.